The van der Waals surface area contributed by atoms with E-state index in [1.807, 2.05) is 61.1 Å². The summed E-state index contributed by atoms with van der Waals surface area (Å²) in [5.41, 5.74) is 5.08. The molecule has 2 atom stereocenters. The van der Waals surface area contributed by atoms with Crippen molar-refractivity contribution in [3.8, 4) is 22.3 Å². The second kappa shape index (κ2) is 13.9. The van der Waals surface area contributed by atoms with Crippen molar-refractivity contribution in [2.24, 2.45) is 0 Å². The number of nitrogens with one attached hydrogen (secondary N) is 1. The molecule has 4 N–H and O–H groups in total. The molecule has 0 fully saturated rings. The van der Waals surface area contributed by atoms with Gasteiger partial charge >= 0.3 is 5.97 Å². The number of aliphatic carboxylic acids is 1. The fraction of sp³-hybridized carbons (Fsp3) is 0.344. The van der Waals surface area contributed by atoms with E-state index in [-0.39, 0.29) is 37.2 Å². The monoisotopic (exact) mass is 593 g/mol. The number of carbonyl (C=O) groups excluding carboxylic acids is 1. The molecule has 10 heteroatoms. The van der Waals surface area contributed by atoms with Gasteiger partial charge in [-0.15, -0.1) is 11.3 Å². The highest BCUT2D eigenvalue weighted by atomic mass is 32.1. The summed E-state index contributed by atoms with van der Waals surface area (Å²) in [6.07, 6.45) is -2.16. The van der Waals surface area contributed by atoms with Crippen molar-refractivity contribution in [3.63, 3.8) is 0 Å². The molecule has 0 aliphatic rings. The zero-order chi connectivity index (χ0) is 30.4. The van der Waals surface area contributed by atoms with E-state index in [2.05, 4.69) is 10.3 Å². The standard InChI is InChI=1S/C32H36FN3O5S/c1-19(2)36-26(14-13-24(37)15-25(38)16-28(39)40)29(22-9-11-23(33)12-10-22)30(21-7-5-4-6-8-21)31(36)32(41)34-17-27-35-20(3)18-42-27/h4-12,18-19,24-25,37-38H,13-17H2,1-3H3,(H,34,41)(H,39,40)/t24-,25-/m1/s1. The Balaban J connectivity index is 1.85. The molecule has 1 amide bonds. The smallest absolute Gasteiger partial charge is 0.305 e. The molecular formula is C32H36FN3O5S. The predicted octanol–water partition coefficient (Wildman–Crippen LogP) is 5.76. The number of thiazole rings is 1. The van der Waals surface area contributed by atoms with Crippen LogP contribution >= 0.6 is 11.3 Å². The van der Waals surface area contributed by atoms with Crippen LogP contribution in [0.15, 0.2) is 60.0 Å². The summed E-state index contributed by atoms with van der Waals surface area (Å²) in [6.45, 7) is 6.10. The number of hydrogen-bond donors (Lipinski definition) is 4. The van der Waals surface area contributed by atoms with Crippen molar-refractivity contribution in [1.82, 2.24) is 14.9 Å². The SMILES string of the molecule is Cc1csc(CNC(=O)c2c(-c3ccccc3)c(-c3ccc(F)cc3)c(CC[C@@H](O)C[C@@H](O)CC(=O)O)n2C(C)C)n1. The predicted molar refractivity (Wildman–Crippen MR) is 161 cm³/mol. The van der Waals surface area contributed by atoms with Gasteiger partial charge < -0.3 is 25.2 Å². The van der Waals surface area contributed by atoms with Gasteiger partial charge in [0.1, 0.15) is 16.5 Å². The number of amides is 1. The van der Waals surface area contributed by atoms with E-state index in [1.54, 1.807) is 12.1 Å². The van der Waals surface area contributed by atoms with Crippen molar-refractivity contribution in [2.45, 2.75) is 71.2 Å². The van der Waals surface area contributed by atoms with Gasteiger partial charge in [-0.2, -0.15) is 0 Å². The molecule has 4 aromatic rings. The van der Waals surface area contributed by atoms with Crippen LogP contribution in [0.4, 0.5) is 4.39 Å². The van der Waals surface area contributed by atoms with Crippen molar-refractivity contribution < 1.29 is 29.3 Å². The molecule has 0 unspecified atom stereocenters. The summed E-state index contributed by atoms with van der Waals surface area (Å²) < 4.78 is 16.0. The summed E-state index contributed by atoms with van der Waals surface area (Å²) in [5, 5.41) is 35.5. The average molecular weight is 594 g/mol. The molecule has 0 bridgehead atoms. The van der Waals surface area contributed by atoms with Gasteiger partial charge in [-0.05, 0) is 63.3 Å². The summed E-state index contributed by atoms with van der Waals surface area (Å²) in [7, 11) is 0. The van der Waals surface area contributed by atoms with Gasteiger partial charge in [0, 0.05) is 33.9 Å². The molecule has 0 radical (unpaired) electrons. The van der Waals surface area contributed by atoms with Crippen LogP contribution in [-0.4, -0.2) is 49.0 Å². The van der Waals surface area contributed by atoms with Crippen LogP contribution in [0.2, 0.25) is 0 Å². The third kappa shape index (κ3) is 7.50. The second-order valence-corrected chi connectivity index (χ2v) is 11.6. The lowest BCUT2D eigenvalue weighted by atomic mass is 9.92. The lowest BCUT2D eigenvalue weighted by Crippen LogP contribution is -2.27. The molecular weight excluding hydrogens is 557 g/mol. The lowest BCUT2D eigenvalue weighted by molar-refractivity contribution is -0.139. The van der Waals surface area contributed by atoms with Gasteiger partial charge in [-0.1, -0.05) is 42.5 Å². The fourth-order valence-corrected chi connectivity index (χ4v) is 5.95. The highest BCUT2D eigenvalue weighted by molar-refractivity contribution is 7.09. The first kappa shape index (κ1) is 31.1. The minimum absolute atomic E-state index is 0.0906. The number of aryl methyl sites for hydroxylation is 1. The molecule has 8 nitrogen and oxygen atoms in total. The zero-order valence-electron chi connectivity index (χ0n) is 23.9. The molecule has 0 saturated heterocycles. The molecule has 222 valence electrons. The Hall–Kier alpha value is -3.86. The number of rotatable bonds is 13. The van der Waals surface area contributed by atoms with E-state index in [9.17, 15) is 24.2 Å². The number of aliphatic hydroxyl groups is 2. The van der Waals surface area contributed by atoms with Crippen LogP contribution in [0.5, 0.6) is 0 Å². The minimum atomic E-state index is -1.18. The highest BCUT2D eigenvalue weighted by Crippen LogP contribution is 2.42. The third-order valence-corrected chi connectivity index (χ3v) is 7.94. The third-order valence-electron chi connectivity index (χ3n) is 6.97. The van der Waals surface area contributed by atoms with Crippen LogP contribution in [-0.2, 0) is 17.8 Å². The fourth-order valence-electron chi connectivity index (χ4n) is 5.23. The van der Waals surface area contributed by atoms with E-state index in [1.165, 1.54) is 23.5 Å². The maximum absolute atomic E-state index is 14.0. The first-order valence-corrected chi connectivity index (χ1v) is 14.8. The Bertz CT molecular complexity index is 1520. The molecule has 0 spiro atoms. The van der Waals surface area contributed by atoms with Crippen LogP contribution < -0.4 is 5.32 Å². The number of benzene rings is 2. The number of carboxylic acids is 1. The summed E-state index contributed by atoms with van der Waals surface area (Å²) >= 11 is 1.47. The molecule has 0 aliphatic carbocycles. The van der Waals surface area contributed by atoms with Gasteiger partial charge in [-0.25, -0.2) is 9.37 Å². The first-order chi connectivity index (χ1) is 20.0. The Morgan fingerprint density at radius 3 is 2.26 bits per heavy atom. The van der Waals surface area contributed by atoms with Gasteiger partial charge in [0.25, 0.3) is 5.91 Å². The number of halogens is 1. The number of hydrogen-bond acceptors (Lipinski definition) is 6. The van der Waals surface area contributed by atoms with E-state index < -0.39 is 24.6 Å². The number of aromatic nitrogens is 2. The molecule has 0 aliphatic heterocycles. The topological polar surface area (TPSA) is 125 Å². The zero-order valence-corrected chi connectivity index (χ0v) is 24.7. The van der Waals surface area contributed by atoms with E-state index >= 15 is 0 Å². The second-order valence-electron chi connectivity index (χ2n) is 10.6. The summed E-state index contributed by atoms with van der Waals surface area (Å²) in [5.74, 6) is -1.81. The molecule has 0 saturated carbocycles. The van der Waals surface area contributed by atoms with Crippen LogP contribution in [0.3, 0.4) is 0 Å². The van der Waals surface area contributed by atoms with Crippen molar-refractivity contribution in [3.05, 3.63) is 87.9 Å². The van der Waals surface area contributed by atoms with Crippen LogP contribution in [0, 0.1) is 12.7 Å². The summed E-state index contributed by atoms with van der Waals surface area (Å²) in [6, 6.07) is 15.5. The first-order valence-electron chi connectivity index (χ1n) is 13.9. The minimum Gasteiger partial charge on any atom is -0.481 e. The Morgan fingerprint density at radius 2 is 1.67 bits per heavy atom. The van der Waals surface area contributed by atoms with E-state index in [0.29, 0.717) is 17.7 Å². The Kier molecular flexibility index (Phi) is 10.3. The number of carboxylic acid groups (broad SMARTS) is 1. The quantitative estimate of drug-likeness (QED) is 0.156. The maximum atomic E-state index is 14.0. The van der Waals surface area contributed by atoms with Crippen molar-refractivity contribution >= 4 is 23.2 Å². The Morgan fingerprint density at radius 1 is 1.00 bits per heavy atom. The number of aliphatic hydroxyl groups excluding tert-OH is 2. The molecule has 4 rings (SSSR count). The van der Waals surface area contributed by atoms with Gasteiger partial charge in [0.2, 0.25) is 0 Å². The normalized spacial score (nSPS) is 12.8. The largest absolute Gasteiger partial charge is 0.481 e. The molecule has 42 heavy (non-hydrogen) atoms. The molecule has 2 aromatic carbocycles. The lowest BCUT2D eigenvalue weighted by Gasteiger charge is -2.20. The average Bonchev–Trinajstić information content (AvgIpc) is 3.52. The summed E-state index contributed by atoms with van der Waals surface area (Å²) in [4.78, 5) is 29.5. The molecule has 2 heterocycles. The molecule has 2 aromatic heterocycles. The Labute approximate surface area is 248 Å². The highest BCUT2D eigenvalue weighted by Gasteiger charge is 2.30. The maximum Gasteiger partial charge on any atom is 0.305 e. The van der Waals surface area contributed by atoms with E-state index in [4.69, 9.17) is 5.11 Å². The van der Waals surface area contributed by atoms with Gasteiger partial charge in [0.15, 0.2) is 0 Å². The number of carbonyl (C=O) groups is 2. The van der Waals surface area contributed by atoms with Crippen molar-refractivity contribution in [1.29, 1.82) is 0 Å². The number of nitrogens with zero attached hydrogens (tertiary/aromatic N) is 2. The van der Waals surface area contributed by atoms with Crippen LogP contribution in [0.1, 0.15) is 66.0 Å². The van der Waals surface area contributed by atoms with Crippen LogP contribution in [0.25, 0.3) is 22.3 Å². The van der Waals surface area contributed by atoms with E-state index in [0.717, 1.165) is 33.1 Å². The van der Waals surface area contributed by atoms with Gasteiger partial charge in [0.05, 0.1) is 25.2 Å². The van der Waals surface area contributed by atoms with Gasteiger partial charge in [-0.3, -0.25) is 9.59 Å². The van der Waals surface area contributed by atoms with Crippen molar-refractivity contribution in [2.75, 3.05) is 0 Å².